The van der Waals surface area contributed by atoms with Crippen molar-refractivity contribution in [2.24, 2.45) is 11.5 Å². The van der Waals surface area contributed by atoms with Gasteiger partial charge in [-0.1, -0.05) is 12.1 Å². The molecule has 4 N–H and O–H groups in total. The van der Waals surface area contributed by atoms with Gasteiger partial charge in [0, 0.05) is 20.3 Å². The van der Waals surface area contributed by atoms with Crippen LogP contribution in [0.15, 0.2) is 36.4 Å². The van der Waals surface area contributed by atoms with Gasteiger partial charge in [0.05, 0.1) is 0 Å². The molecule has 0 aromatic heterocycles. The summed E-state index contributed by atoms with van der Waals surface area (Å²) in [6.07, 6.45) is 0. The third-order valence-electron chi connectivity index (χ3n) is 2.80. The standard InChI is InChI=1S/C14H10FIN2O2/c15-10-5-4-7(6-11(10)16)12-8(13(17)19)2-1-3-9(12)14(18)20/h1-6H,(H2,17,19)(H2,18,20). The van der Waals surface area contributed by atoms with E-state index in [0.717, 1.165) is 0 Å². The molecule has 102 valence electrons. The Bertz CT molecular complexity index is 684. The van der Waals surface area contributed by atoms with Crippen molar-refractivity contribution in [3.8, 4) is 11.1 Å². The van der Waals surface area contributed by atoms with Gasteiger partial charge in [-0.15, -0.1) is 0 Å². The van der Waals surface area contributed by atoms with Gasteiger partial charge in [0.15, 0.2) is 0 Å². The van der Waals surface area contributed by atoms with E-state index in [2.05, 4.69) is 0 Å². The van der Waals surface area contributed by atoms with Crippen molar-refractivity contribution in [3.05, 3.63) is 56.9 Å². The van der Waals surface area contributed by atoms with Crippen molar-refractivity contribution < 1.29 is 14.0 Å². The highest BCUT2D eigenvalue weighted by atomic mass is 127. The third-order valence-corrected chi connectivity index (χ3v) is 3.63. The van der Waals surface area contributed by atoms with Crippen molar-refractivity contribution >= 4 is 34.4 Å². The molecule has 0 aliphatic heterocycles. The van der Waals surface area contributed by atoms with Crippen LogP contribution >= 0.6 is 22.6 Å². The molecule has 0 aliphatic carbocycles. The van der Waals surface area contributed by atoms with Gasteiger partial charge in [0.1, 0.15) is 5.82 Å². The molecule has 0 atom stereocenters. The monoisotopic (exact) mass is 384 g/mol. The maximum atomic E-state index is 13.3. The molecule has 0 saturated heterocycles. The minimum atomic E-state index is -0.678. The van der Waals surface area contributed by atoms with Crippen LogP contribution in [0.5, 0.6) is 0 Å². The number of amides is 2. The smallest absolute Gasteiger partial charge is 0.249 e. The van der Waals surface area contributed by atoms with E-state index in [-0.39, 0.29) is 16.9 Å². The molecule has 0 radical (unpaired) electrons. The van der Waals surface area contributed by atoms with Crippen LogP contribution in [0.4, 0.5) is 4.39 Å². The lowest BCUT2D eigenvalue weighted by atomic mass is 9.93. The van der Waals surface area contributed by atoms with Gasteiger partial charge in [0.2, 0.25) is 11.8 Å². The fourth-order valence-electron chi connectivity index (χ4n) is 1.93. The summed E-state index contributed by atoms with van der Waals surface area (Å²) >= 11 is 1.83. The number of benzene rings is 2. The summed E-state index contributed by atoms with van der Waals surface area (Å²) in [6, 6.07) is 8.80. The van der Waals surface area contributed by atoms with Gasteiger partial charge < -0.3 is 11.5 Å². The summed E-state index contributed by atoms with van der Waals surface area (Å²) in [6.45, 7) is 0. The summed E-state index contributed by atoms with van der Waals surface area (Å²) in [4.78, 5) is 23.0. The molecule has 0 spiro atoms. The van der Waals surface area contributed by atoms with Crippen LogP contribution in [0.3, 0.4) is 0 Å². The second-order valence-corrected chi connectivity index (χ2v) is 5.25. The molecule has 0 heterocycles. The summed E-state index contributed by atoms with van der Waals surface area (Å²) < 4.78 is 13.7. The molecule has 20 heavy (non-hydrogen) atoms. The summed E-state index contributed by atoms with van der Waals surface area (Å²) in [5, 5.41) is 0. The maximum absolute atomic E-state index is 13.3. The predicted molar refractivity (Wildman–Crippen MR) is 81.6 cm³/mol. The van der Waals surface area contributed by atoms with Crippen LogP contribution < -0.4 is 11.5 Å². The van der Waals surface area contributed by atoms with Crippen LogP contribution in [0.1, 0.15) is 20.7 Å². The molecule has 2 rings (SSSR count). The van der Waals surface area contributed by atoms with E-state index in [9.17, 15) is 14.0 Å². The van der Waals surface area contributed by atoms with Gasteiger partial charge in [0.25, 0.3) is 0 Å². The first kappa shape index (κ1) is 14.4. The number of carbonyl (C=O) groups is 2. The number of rotatable bonds is 3. The number of primary amides is 2. The van der Waals surface area contributed by atoms with Crippen molar-refractivity contribution in [3.63, 3.8) is 0 Å². The van der Waals surface area contributed by atoms with Gasteiger partial charge in [-0.05, 0) is 52.4 Å². The lowest BCUT2D eigenvalue weighted by molar-refractivity contribution is 0.0999. The van der Waals surface area contributed by atoms with Crippen molar-refractivity contribution in [2.75, 3.05) is 0 Å². The summed E-state index contributed by atoms with van der Waals surface area (Å²) in [7, 11) is 0. The number of halogens is 2. The van der Waals surface area contributed by atoms with Crippen LogP contribution in [0.2, 0.25) is 0 Å². The highest BCUT2D eigenvalue weighted by Crippen LogP contribution is 2.29. The van der Waals surface area contributed by atoms with E-state index < -0.39 is 11.8 Å². The maximum Gasteiger partial charge on any atom is 0.249 e. The first-order valence-corrected chi connectivity index (χ1v) is 6.67. The predicted octanol–water partition coefficient (Wildman–Crippen LogP) is 2.30. The average molecular weight is 384 g/mol. The number of hydrogen-bond donors (Lipinski definition) is 2. The zero-order valence-electron chi connectivity index (χ0n) is 10.2. The summed E-state index contributed by atoms with van der Waals surface area (Å²) in [5.74, 6) is -1.74. The lowest BCUT2D eigenvalue weighted by Gasteiger charge is -2.12. The molecule has 2 amide bonds. The Morgan fingerprint density at radius 3 is 2.00 bits per heavy atom. The van der Waals surface area contributed by atoms with E-state index >= 15 is 0 Å². The van der Waals surface area contributed by atoms with Crippen LogP contribution in [-0.4, -0.2) is 11.8 Å². The van der Waals surface area contributed by atoms with E-state index in [4.69, 9.17) is 11.5 Å². The molecule has 6 heteroatoms. The number of carbonyl (C=O) groups excluding carboxylic acids is 2. The Balaban J connectivity index is 2.79. The number of hydrogen-bond acceptors (Lipinski definition) is 2. The molecular formula is C14H10FIN2O2. The highest BCUT2D eigenvalue weighted by Gasteiger charge is 2.18. The Morgan fingerprint density at radius 1 is 1.00 bits per heavy atom. The molecule has 2 aromatic rings. The van der Waals surface area contributed by atoms with E-state index in [1.54, 1.807) is 0 Å². The minimum Gasteiger partial charge on any atom is -0.366 e. The SMILES string of the molecule is NC(=O)c1cccc(C(N)=O)c1-c1ccc(F)c(I)c1. The Hall–Kier alpha value is -1.96. The normalized spacial score (nSPS) is 10.3. The number of nitrogens with two attached hydrogens (primary N) is 2. The van der Waals surface area contributed by atoms with Crippen LogP contribution in [0, 0.1) is 9.39 Å². The second kappa shape index (κ2) is 5.58. The summed E-state index contributed by atoms with van der Waals surface area (Å²) in [5.41, 5.74) is 11.8. The van der Waals surface area contributed by atoms with Gasteiger partial charge in [-0.3, -0.25) is 9.59 Å². The van der Waals surface area contributed by atoms with Crippen molar-refractivity contribution in [2.45, 2.75) is 0 Å². The fourth-order valence-corrected chi connectivity index (χ4v) is 2.44. The topological polar surface area (TPSA) is 86.2 Å². The van der Waals surface area contributed by atoms with Crippen molar-refractivity contribution in [1.82, 2.24) is 0 Å². The molecule has 0 aliphatic rings. The van der Waals surface area contributed by atoms with Gasteiger partial charge >= 0.3 is 0 Å². The van der Waals surface area contributed by atoms with E-state index in [1.807, 2.05) is 22.6 Å². The second-order valence-electron chi connectivity index (χ2n) is 4.09. The Labute approximate surface area is 128 Å². The van der Waals surface area contributed by atoms with Crippen LogP contribution in [0.25, 0.3) is 11.1 Å². The Kier molecular flexibility index (Phi) is 4.03. The molecule has 0 bridgehead atoms. The first-order valence-electron chi connectivity index (χ1n) is 5.60. The molecule has 0 saturated carbocycles. The average Bonchev–Trinajstić information content (AvgIpc) is 2.41. The lowest BCUT2D eigenvalue weighted by Crippen LogP contribution is -2.18. The quantitative estimate of drug-likeness (QED) is 0.796. The highest BCUT2D eigenvalue weighted by molar-refractivity contribution is 14.1. The molecule has 0 fully saturated rings. The minimum absolute atomic E-state index is 0.170. The first-order chi connectivity index (χ1) is 9.41. The largest absolute Gasteiger partial charge is 0.366 e. The zero-order valence-corrected chi connectivity index (χ0v) is 12.3. The fraction of sp³-hybridized carbons (Fsp3) is 0. The van der Waals surface area contributed by atoms with Crippen molar-refractivity contribution in [1.29, 1.82) is 0 Å². The zero-order chi connectivity index (χ0) is 14.9. The van der Waals surface area contributed by atoms with E-state index in [0.29, 0.717) is 14.7 Å². The molecule has 0 unspecified atom stereocenters. The molecular weight excluding hydrogens is 374 g/mol. The molecule has 4 nitrogen and oxygen atoms in total. The van der Waals surface area contributed by atoms with Gasteiger partial charge in [-0.25, -0.2) is 4.39 Å². The van der Waals surface area contributed by atoms with E-state index in [1.165, 1.54) is 36.4 Å². The third kappa shape index (κ3) is 2.64. The van der Waals surface area contributed by atoms with Gasteiger partial charge in [-0.2, -0.15) is 0 Å². The van der Waals surface area contributed by atoms with Crippen LogP contribution in [-0.2, 0) is 0 Å². The molecule has 2 aromatic carbocycles. The Morgan fingerprint density at radius 2 is 1.55 bits per heavy atom.